The van der Waals surface area contributed by atoms with Gasteiger partial charge in [0.15, 0.2) is 0 Å². The Labute approximate surface area is 157 Å². The van der Waals surface area contributed by atoms with Crippen LogP contribution in [-0.4, -0.2) is 0 Å². The zero-order valence-electron chi connectivity index (χ0n) is 14.2. The summed E-state index contributed by atoms with van der Waals surface area (Å²) >= 11 is 0. The maximum atomic E-state index is 11.6. The molecule has 8 heteroatoms. The summed E-state index contributed by atoms with van der Waals surface area (Å²) < 4.78 is 0. The van der Waals surface area contributed by atoms with Gasteiger partial charge in [-0.05, 0) is 50.5 Å². The van der Waals surface area contributed by atoms with E-state index in [-0.39, 0.29) is 22.7 Å². The first kappa shape index (κ1) is 17.2. The van der Waals surface area contributed by atoms with Crippen LogP contribution in [0, 0.1) is 19.6 Å². The minimum atomic E-state index is 0.113. The molecule has 0 aromatic heterocycles. The molecule has 0 bridgehead atoms. The summed E-state index contributed by atoms with van der Waals surface area (Å²) in [4.78, 5) is 45.2. The normalized spacial score (nSPS) is 10.7. The molecule has 0 spiro atoms. The average Bonchev–Trinajstić information content (AvgIpc) is 2.76. The number of nitroso groups, excluding NO2 is 4. The van der Waals surface area contributed by atoms with Crippen LogP contribution in [0.15, 0.2) is 81.4 Å². The molecule has 0 aliphatic heterocycles. The largest absolute Gasteiger partial charge is 0.145 e. The SMILES string of the molecule is O=Nc1ccc(N=O)c(-c2ccc3c(N=O)c4ccccc4c(N=O)c3c2)c1. The lowest BCUT2D eigenvalue weighted by atomic mass is 9.94. The molecular formula is C20H10N4O4. The number of hydrogen-bond donors (Lipinski definition) is 0. The minimum absolute atomic E-state index is 0.113. The first-order valence-electron chi connectivity index (χ1n) is 8.18. The van der Waals surface area contributed by atoms with Crippen LogP contribution >= 0.6 is 0 Å². The van der Waals surface area contributed by atoms with Crippen molar-refractivity contribution in [2.45, 2.75) is 0 Å². The summed E-state index contributed by atoms with van der Waals surface area (Å²) in [6.45, 7) is 0. The van der Waals surface area contributed by atoms with E-state index in [1.165, 1.54) is 18.2 Å². The summed E-state index contributed by atoms with van der Waals surface area (Å²) in [5.41, 5.74) is 1.49. The Balaban J connectivity index is 2.12. The van der Waals surface area contributed by atoms with E-state index in [0.717, 1.165) is 0 Å². The number of hydrogen-bond acceptors (Lipinski definition) is 8. The highest BCUT2D eigenvalue weighted by atomic mass is 16.3. The summed E-state index contributed by atoms with van der Waals surface area (Å²) in [5, 5.41) is 14.1. The van der Waals surface area contributed by atoms with Crippen molar-refractivity contribution in [1.29, 1.82) is 0 Å². The van der Waals surface area contributed by atoms with Crippen LogP contribution in [0.1, 0.15) is 0 Å². The Kier molecular flexibility index (Phi) is 4.21. The van der Waals surface area contributed by atoms with Gasteiger partial charge in [-0.15, -0.1) is 19.6 Å². The fraction of sp³-hybridized carbons (Fsp3) is 0. The van der Waals surface area contributed by atoms with E-state index in [1.807, 2.05) is 0 Å². The number of rotatable bonds is 5. The van der Waals surface area contributed by atoms with E-state index in [1.54, 1.807) is 42.5 Å². The van der Waals surface area contributed by atoms with Crippen molar-refractivity contribution in [1.82, 2.24) is 0 Å². The zero-order chi connectivity index (χ0) is 19.7. The summed E-state index contributed by atoms with van der Waals surface area (Å²) in [5.74, 6) is 0. The second-order valence-corrected chi connectivity index (χ2v) is 6.07. The zero-order valence-corrected chi connectivity index (χ0v) is 14.2. The Morgan fingerprint density at radius 3 is 1.79 bits per heavy atom. The first-order chi connectivity index (χ1) is 13.7. The van der Waals surface area contributed by atoms with Gasteiger partial charge in [0, 0.05) is 27.1 Å². The molecular weight excluding hydrogens is 360 g/mol. The number of benzene rings is 4. The Morgan fingerprint density at radius 1 is 0.536 bits per heavy atom. The molecule has 0 radical (unpaired) electrons. The van der Waals surface area contributed by atoms with Crippen LogP contribution in [0.25, 0.3) is 32.7 Å². The molecule has 0 amide bonds. The lowest BCUT2D eigenvalue weighted by molar-refractivity contribution is 1.44. The Bertz CT molecular complexity index is 1300. The highest BCUT2D eigenvalue weighted by Gasteiger charge is 2.17. The highest BCUT2D eigenvalue weighted by molar-refractivity contribution is 6.18. The van der Waals surface area contributed by atoms with Crippen LogP contribution in [0.2, 0.25) is 0 Å². The van der Waals surface area contributed by atoms with Crippen LogP contribution in [-0.2, 0) is 0 Å². The van der Waals surface area contributed by atoms with E-state index in [2.05, 4.69) is 20.7 Å². The molecule has 134 valence electrons. The predicted molar refractivity (Wildman–Crippen MR) is 109 cm³/mol. The van der Waals surface area contributed by atoms with Crippen molar-refractivity contribution < 1.29 is 0 Å². The first-order valence-corrected chi connectivity index (χ1v) is 8.18. The smallest absolute Gasteiger partial charge is 0.123 e. The minimum Gasteiger partial charge on any atom is -0.145 e. The van der Waals surface area contributed by atoms with Gasteiger partial charge >= 0.3 is 0 Å². The van der Waals surface area contributed by atoms with Gasteiger partial charge in [-0.2, -0.15) is 0 Å². The van der Waals surface area contributed by atoms with Crippen molar-refractivity contribution >= 4 is 44.3 Å². The topological polar surface area (TPSA) is 118 Å². The molecule has 0 aliphatic carbocycles. The van der Waals surface area contributed by atoms with Gasteiger partial charge in [0.25, 0.3) is 0 Å². The van der Waals surface area contributed by atoms with Crippen molar-refractivity contribution in [3.8, 4) is 11.1 Å². The van der Waals surface area contributed by atoms with Crippen molar-refractivity contribution in [2.75, 3.05) is 0 Å². The fourth-order valence-electron chi connectivity index (χ4n) is 3.39. The van der Waals surface area contributed by atoms with E-state index >= 15 is 0 Å². The van der Waals surface area contributed by atoms with Crippen molar-refractivity contribution in [3.05, 3.63) is 80.3 Å². The number of fused-ring (bicyclic) bond motifs is 2. The molecule has 0 aliphatic rings. The third-order valence-electron chi connectivity index (χ3n) is 4.64. The Hall–Kier alpha value is -4.20. The van der Waals surface area contributed by atoms with Crippen LogP contribution in [0.4, 0.5) is 22.7 Å². The van der Waals surface area contributed by atoms with Gasteiger partial charge in [0.2, 0.25) is 0 Å². The molecule has 4 rings (SSSR count). The van der Waals surface area contributed by atoms with Gasteiger partial charge < -0.3 is 0 Å². The summed E-state index contributed by atoms with van der Waals surface area (Å²) in [6, 6.07) is 15.9. The van der Waals surface area contributed by atoms with E-state index in [9.17, 15) is 19.6 Å². The molecule has 0 unspecified atom stereocenters. The van der Waals surface area contributed by atoms with Gasteiger partial charge in [-0.3, -0.25) is 0 Å². The monoisotopic (exact) mass is 370 g/mol. The maximum absolute atomic E-state index is 11.6. The standard InChI is InChI=1S/C20H10N4O4/c25-21-12-6-8-18(22-26)16(10-12)11-5-7-15-17(9-11)20(24-28)14-4-2-1-3-13(14)19(15)23-27/h1-10H. The second kappa shape index (κ2) is 6.84. The van der Waals surface area contributed by atoms with E-state index in [0.29, 0.717) is 32.7 Å². The molecule has 0 N–H and O–H groups in total. The fourth-order valence-corrected chi connectivity index (χ4v) is 3.39. The molecule has 0 heterocycles. The summed E-state index contributed by atoms with van der Waals surface area (Å²) in [6.07, 6.45) is 0. The average molecular weight is 370 g/mol. The summed E-state index contributed by atoms with van der Waals surface area (Å²) in [7, 11) is 0. The molecule has 0 fully saturated rings. The third-order valence-corrected chi connectivity index (χ3v) is 4.64. The Morgan fingerprint density at radius 2 is 1.18 bits per heavy atom. The van der Waals surface area contributed by atoms with E-state index < -0.39 is 0 Å². The quantitative estimate of drug-likeness (QED) is 0.271. The molecule has 8 nitrogen and oxygen atoms in total. The maximum Gasteiger partial charge on any atom is 0.123 e. The second-order valence-electron chi connectivity index (χ2n) is 6.07. The van der Waals surface area contributed by atoms with Crippen LogP contribution in [0.5, 0.6) is 0 Å². The van der Waals surface area contributed by atoms with Gasteiger partial charge in [0.1, 0.15) is 22.7 Å². The molecule has 0 saturated heterocycles. The molecule has 4 aromatic rings. The lowest BCUT2D eigenvalue weighted by Crippen LogP contribution is -1.84. The van der Waals surface area contributed by atoms with Crippen LogP contribution < -0.4 is 0 Å². The molecule has 28 heavy (non-hydrogen) atoms. The molecule has 0 saturated carbocycles. The van der Waals surface area contributed by atoms with Crippen LogP contribution in [0.3, 0.4) is 0 Å². The van der Waals surface area contributed by atoms with Gasteiger partial charge in [-0.1, -0.05) is 36.4 Å². The van der Waals surface area contributed by atoms with Crippen molar-refractivity contribution in [3.63, 3.8) is 0 Å². The predicted octanol–water partition coefficient (Wildman–Crippen LogP) is 7.25. The van der Waals surface area contributed by atoms with Gasteiger partial charge in [0.05, 0.1) is 0 Å². The molecule has 4 aromatic carbocycles. The van der Waals surface area contributed by atoms with Gasteiger partial charge in [-0.25, -0.2) is 0 Å². The van der Waals surface area contributed by atoms with E-state index in [4.69, 9.17) is 0 Å². The third kappa shape index (κ3) is 2.55. The van der Waals surface area contributed by atoms with Crippen molar-refractivity contribution in [2.24, 2.45) is 20.7 Å². The number of nitrogens with zero attached hydrogens (tertiary/aromatic N) is 4. The highest BCUT2D eigenvalue weighted by Crippen LogP contribution is 2.45. The molecule has 0 atom stereocenters. The lowest BCUT2D eigenvalue weighted by Gasteiger charge is -2.11.